The number of aliphatic hydroxyl groups is 4. The summed E-state index contributed by atoms with van der Waals surface area (Å²) in [5, 5.41) is 50.1. The molecule has 0 spiro atoms. The van der Waals surface area contributed by atoms with E-state index in [1.54, 1.807) is 0 Å². The van der Waals surface area contributed by atoms with Crippen LogP contribution in [0.1, 0.15) is 15.9 Å². The van der Waals surface area contributed by atoms with E-state index in [0.29, 0.717) is 0 Å². The first-order valence-corrected chi connectivity index (χ1v) is 6.85. The second kappa shape index (κ2) is 14.1. The van der Waals surface area contributed by atoms with Crippen LogP contribution >= 0.6 is 0 Å². The van der Waals surface area contributed by atoms with Gasteiger partial charge in [-0.2, -0.15) is 0 Å². The normalized spacial score (nSPS) is 11.0. The standard InChI is InChI=1S/C14H21N3O6.2Y/c15-10-2-8(13(22)16-11(4-18)5-19)1-9(3-10)14(23)17-12(6-20)7-21;;/h1-3,11-12,18-21H,4-7,15H2,(H,16,22)(H,17,23);;/p-1. The molecule has 0 atom stereocenters. The van der Waals surface area contributed by atoms with Gasteiger partial charge in [0.25, 0.3) is 5.91 Å². The zero-order chi connectivity index (χ0) is 17.4. The number of aliphatic imine (C=N–C) groups is 1. The summed E-state index contributed by atoms with van der Waals surface area (Å²) in [6.07, 6.45) is 0. The summed E-state index contributed by atoms with van der Waals surface area (Å²) in [6.45, 7) is -1.88. The molecular formula is C14H20N3O6Y2-. The molecule has 25 heavy (non-hydrogen) atoms. The minimum Gasteiger partial charge on any atom is -0.858 e. The van der Waals surface area contributed by atoms with Crippen LogP contribution in [0, 0.1) is 0 Å². The minimum absolute atomic E-state index is 0. The number of carbonyl (C=O) groups is 1. The van der Waals surface area contributed by atoms with Gasteiger partial charge in [0.15, 0.2) is 0 Å². The van der Waals surface area contributed by atoms with Gasteiger partial charge in [-0.15, -0.1) is 0 Å². The van der Waals surface area contributed by atoms with E-state index in [1.807, 2.05) is 0 Å². The zero-order valence-electron chi connectivity index (χ0n) is 13.5. The summed E-state index contributed by atoms with van der Waals surface area (Å²) in [4.78, 5) is 15.6. The van der Waals surface area contributed by atoms with Crippen LogP contribution < -0.4 is 16.2 Å². The van der Waals surface area contributed by atoms with Crippen molar-refractivity contribution in [3.8, 4) is 0 Å². The van der Waals surface area contributed by atoms with Gasteiger partial charge in [0.1, 0.15) is 0 Å². The number of nitrogens with zero attached hydrogens (tertiary/aromatic N) is 1. The number of amides is 1. The quantitative estimate of drug-likeness (QED) is 0.123. The molecule has 0 aliphatic carbocycles. The van der Waals surface area contributed by atoms with Crippen molar-refractivity contribution in [2.75, 3.05) is 32.2 Å². The maximum Gasteiger partial charge on any atom is 0.251 e. The van der Waals surface area contributed by atoms with Gasteiger partial charge in [-0.05, 0) is 29.7 Å². The topological polar surface area (TPSA) is 171 Å². The number of nitrogen functional groups attached to an aromatic ring is 1. The van der Waals surface area contributed by atoms with Crippen LogP contribution in [0.15, 0.2) is 23.2 Å². The van der Waals surface area contributed by atoms with Crippen LogP contribution in [-0.2, 0) is 65.4 Å². The van der Waals surface area contributed by atoms with Crippen molar-refractivity contribution in [1.82, 2.24) is 5.32 Å². The Morgan fingerprint density at radius 1 is 1.04 bits per heavy atom. The average molecular weight is 504 g/mol. The third-order valence-corrected chi connectivity index (χ3v) is 2.96. The van der Waals surface area contributed by atoms with Gasteiger partial charge in [0.05, 0.1) is 38.5 Å². The van der Waals surface area contributed by atoms with E-state index in [-0.39, 0.29) is 82.2 Å². The van der Waals surface area contributed by atoms with E-state index in [2.05, 4.69) is 10.3 Å². The molecule has 134 valence electrons. The molecule has 0 heterocycles. The summed E-state index contributed by atoms with van der Waals surface area (Å²) in [7, 11) is 0. The molecule has 0 aliphatic rings. The fourth-order valence-electron chi connectivity index (χ4n) is 1.70. The van der Waals surface area contributed by atoms with E-state index in [9.17, 15) is 9.90 Å². The molecule has 7 N–H and O–H groups in total. The van der Waals surface area contributed by atoms with E-state index >= 15 is 0 Å². The summed E-state index contributed by atoms with van der Waals surface area (Å²) >= 11 is 0. The first kappa shape index (κ1) is 27.2. The predicted molar refractivity (Wildman–Crippen MR) is 80.8 cm³/mol. The summed E-state index contributed by atoms with van der Waals surface area (Å²) in [5.41, 5.74) is 5.87. The van der Waals surface area contributed by atoms with Crippen molar-refractivity contribution in [2.45, 2.75) is 12.1 Å². The molecule has 1 aromatic carbocycles. The Morgan fingerprint density at radius 3 is 2.04 bits per heavy atom. The van der Waals surface area contributed by atoms with Gasteiger partial charge in [0, 0.05) is 76.7 Å². The SMILES string of the molecule is Nc1cc(C(=O)NC(CO)CO)cc(C([O-])=NC(CO)CO)c1.[Y].[Y]. The molecule has 0 saturated carbocycles. The molecule has 2 radical (unpaired) electrons. The summed E-state index contributed by atoms with van der Waals surface area (Å²) < 4.78 is 0. The molecule has 1 rings (SSSR count). The Kier molecular flexibility index (Phi) is 15.4. The molecule has 0 aromatic heterocycles. The van der Waals surface area contributed by atoms with Crippen LogP contribution in [-0.4, -0.2) is 70.7 Å². The van der Waals surface area contributed by atoms with Crippen molar-refractivity contribution in [3.63, 3.8) is 0 Å². The fraction of sp³-hybridized carbons (Fsp3) is 0.429. The number of nitrogens with one attached hydrogen (secondary N) is 1. The van der Waals surface area contributed by atoms with Crippen molar-refractivity contribution in [3.05, 3.63) is 29.3 Å². The molecular weight excluding hydrogens is 484 g/mol. The van der Waals surface area contributed by atoms with Crippen LogP contribution in [0.3, 0.4) is 0 Å². The van der Waals surface area contributed by atoms with Gasteiger partial charge in [-0.25, -0.2) is 0 Å². The molecule has 1 aromatic rings. The molecule has 0 aliphatic heterocycles. The number of hydrogen-bond acceptors (Lipinski definition) is 8. The predicted octanol–water partition coefficient (Wildman–Crippen LogP) is -3.19. The van der Waals surface area contributed by atoms with Crippen molar-refractivity contribution >= 4 is 17.5 Å². The van der Waals surface area contributed by atoms with Crippen LogP contribution in [0.2, 0.25) is 0 Å². The Morgan fingerprint density at radius 2 is 1.56 bits per heavy atom. The van der Waals surface area contributed by atoms with Crippen molar-refractivity contribution < 1.29 is 95.7 Å². The Balaban J connectivity index is 0. The second-order valence-electron chi connectivity index (χ2n) is 4.83. The maximum absolute atomic E-state index is 12.0. The van der Waals surface area contributed by atoms with Crippen LogP contribution in [0.25, 0.3) is 0 Å². The van der Waals surface area contributed by atoms with Crippen LogP contribution in [0.5, 0.6) is 0 Å². The molecule has 0 bridgehead atoms. The molecule has 0 fully saturated rings. The number of anilines is 1. The average Bonchev–Trinajstić information content (AvgIpc) is 2.56. The zero-order valence-corrected chi connectivity index (χ0v) is 19.2. The third kappa shape index (κ3) is 8.97. The van der Waals surface area contributed by atoms with E-state index < -0.39 is 50.3 Å². The van der Waals surface area contributed by atoms with Crippen molar-refractivity contribution in [1.29, 1.82) is 0 Å². The van der Waals surface area contributed by atoms with Gasteiger partial charge >= 0.3 is 0 Å². The van der Waals surface area contributed by atoms with Gasteiger partial charge < -0.3 is 36.6 Å². The van der Waals surface area contributed by atoms with E-state index in [0.717, 1.165) is 0 Å². The number of rotatable bonds is 8. The van der Waals surface area contributed by atoms with Gasteiger partial charge in [0.2, 0.25) is 0 Å². The maximum atomic E-state index is 12.0. The molecule has 11 heteroatoms. The molecule has 0 saturated heterocycles. The van der Waals surface area contributed by atoms with Crippen LogP contribution in [0.4, 0.5) is 5.69 Å². The summed E-state index contributed by atoms with van der Waals surface area (Å²) in [6, 6.07) is 2.10. The number of benzene rings is 1. The van der Waals surface area contributed by atoms with Crippen molar-refractivity contribution in [2.24, 2.45) is 4.99 Å². The number of nitrogens with two attached hydrogens (primary N) is 1. The van der Waals surface area contributed by atoms with E-state index in [1.165, 1.54) is 18.2 Å². The number of hydrogen-bond donors (Lipinski definition) is 6. The smallest absolute Gasteiger partial charge is 0.251 e. The minimum atomic E-state index is -0.950. The Labute approximate surface area is 195 Å². The number of carbonyl (C=O) groups excluding carboxylic acids is 1. The Bertz CT molecular complexity index is 565. The Hall–Kier alpha value is 0.00779. The molecule has 0 unspecified atom stereocenters. The third-order valence-electron chi connectivity index (χ3n) is 2.96. The first-order valence-electron chi connectivity index (χ1n) is 6.85. The monoisotopic (exact) mass is 504 g/mol. The number of aliphatic hydroxyl groups excluding tert-OH is 4. The first-order chi connectivity index (χ1) is 10.9. The van der Waals surface area contributed by atoms with Gasteiger partial charge in [-0.3, -0.25) is 9.79 Å². The largest absolute Gasteiger partial charge is 0.858 e. The van der Waals surface area contributed by atoms with Gasteiger partial charge in [-0.1, -0.05) is 0 Å². The molecule has 9 nitrogen and oxygen atoms in total. The second-order valence-corrected chi connectivity index (χ2v) is 4.83. The van der Waals surface area contributed by atoms with E-state index in [4.69, 9.17) is 26.2 Å². The molecule has 1 amide bonds. The summed E-state index contributed by atoms with van der Waals surface area (Å²) in [5.74, 6) is -1.36. The fourth-order valence-corrected chi connectivity index (χ4v) is 1.70.